The van der Waals surface area contributed by atoms with E-state index in [4.69, 9.17) is 0 Å². The molecule has 0 N–H and O–H groups in total. The third kappa shape index (κ3) is 1.90. The number of hydrogen-bond acceptors (Lipinski definition) is 5. The molecule has 0 spiro atoms. The number of aromatic nitrogens is 2. The zero-order valence-corrected chi connectivity index (χ0v) is 14.8. The van der Waals surface area contributed by atoms with E-state index in [0.717, 1.165) is 20.0 Å². The molecule has 0 unspecified atom stereocenters. The molecule has 94 valence electrons. The van der Waals surface area contributed by atoms with Crippen LogP contribution in [0.15, 0.2) is 52.8 Å². The van der Waals surface area contributed by atoms with Crippen LogP contribution in [0.4, 0.5) is 0 Å². The SMILES string of the molecule is Brc1c2c(c(Br)c3nsnc13)Sc1ccccc1S2. The standard InChI is InChI=1S/C12H4Br2N2S3/c13-7-9-10(16-19-15-9)8(14)12-11(7)17-5-3-1-2-4-6(5)18-12/h1-4H. The van der Waals surface area contributed by atoms with Gasteiger partial charge >= 0.3 is 0 Å². The van der Waals surface area contributed by atoms with Crippen molar-refractivity contribution >= 4 is 78.1 Å². The summed E-state index contributed by atoms with van der Waals surface area (Å²) in [5, 5.41) is 0. The molecule has 0 fully saturated rings. The van der Waals surface area contributed by atoms with Gasteiger partial charge in [0.1, 0.15) is 11.0 Å². The minimum atomic E-state index is 0.933. The Balaban J connectivity index is 2.04. The largest absolute Gasteiger partial charge is 0.172 e. The molecule has 0 atom stereocenters. The van der Waals surface area contributed by atoms with Crippen molar-refractivity contribution in [1.29, 1.82) is 0 Å². The van der Waals surface area contributed by atoms with Crippen LogP contribution in [-0.4, -0.2) is 8.75 Å². The lowest BCUT2D eigenvalue weighted by atomic mass is 10.3. The van der Waals surface area contributed by atoms with Gasteiger partial charge in [-0.15, -0.1) is 0 Å². The lowest BCUT2D eigenvalue weighted by Crippen LogP contribution is -1.93. The fraction of sp³-hybridized carbons (Fsp3) is 0. The Morgan fingerprint density at radius 1 is 0.789 bits per heavy atom. The van der Waals surface area contributed by atoms with E-state index < -0.39 is 0 Å². The lowest BCUT2D eigenvalue weighted by molar-refractivity contribution is 1.14. The number of nitrogens with zero attached hydrogens (tertiary/aromatic N) is 2. The molecule has 3 aromatic rings. The summed E-state index contributed by atoms with van der Waals surface area (Å²) < 4.78 is 10.8. The summed E-state index contributed by atoms with van der Waals surface area (Å²) >= 11 is 12.2. The molecule has 1 aliphatic rings. The molecule has 2 aromatic carbocycles. The maximum Gasteiger partial charge on any atom is 0.121 e. The van der Waals surface area contributed by atoms with E-state index in [-0.39, 0.29) is 0 Å². The molecule has 4 rings (SSSR count). The summed E-state index contributed by atoms with van der Waals surface area (Å²) in [7, 11) is 0. The molecule has 0 saturated heterocycles. The van der Waals surface area contributed by atoms with Crippen LogP contribution in [0, 0.1) is 0 Å². The van der Waals surface area contributed by atoms with E-state index in [1.807, 2.05) is 0 Å². The third-order valence-corrected chi connectivity index (χ3v) is 8.01. The highest BCUT2D eigenvalue weighted by Crippen LogP contribution is 2.55. The van der Waals surface area contributed by atoms with Gasteiger partial charge in [-0.05, 0) is 44.0 Å². The van der Waals surface area contributed by atoms with Crippen molar-refractivity contribution in [3.8, 4) is 0 Å². The lowest BCUT2D eigenvalue weighted by Gasteiger charge is -2.20. The average Bonchev–Trinajstić information content (AvgIpc) is 2.93. The Bertz CT molecular complexity index is 751. The highest BCUT2D eigenvalue weighted by Gasteiger charge is 2.25. The van der Waals surface area contributed by atoms with Crippen LogP contribution < -0.4 is 0 Å². The summed E-state index contributed by atoms with van der Waals surface area (Å²) in [6, 6.07) is 8.45. The van der Waals surface area contributed by atoms with E-state index in [1.54, 1.807) is 23.5 Å². The molecule has 7 heteroatoms. The van der Waals surface area contributed by atoms with E-state index >= 15 is 0 Å². The van der Waals surface area contributed by atoms with Gasteiger partial charge in [0.05, 0.1) is 20.7 Å². The van der Waals surface area contributed by atoms with Crippen molar-refractivity contribution in [1.82, 2.24) is 8.75 Å². The van der Waals surface area contributed by atoms with Crippen molar-refractivity contribution in [2.75, 3.05) is 0 Å². The van der Waals surface area contributed by atoms with Gasteiger partial charge in [-0.2, -0.15) is 8.75 Å². The Labute approximate surface area is 139 Å². The number of hydrogen-bond donors (Lipinski definition) is 0. The van der Waals surface area contributed by atoms with Crippen molar-refractivity contribution in [3.05, 3.63) is 33.2 Å². The Hall–Kier alpha value is -0.0800. The second-order valence-electron chi connectivity index (χ2n) is 3.90. The molecule has 0 aliphatic carbocycles. The van der Waals surface area contributed by atoms with Crippen LogP contribution in [0.1, 0.15) is 0 Å². The van der Waals surface area contributed by atoms with Crippen LogP contribution in [-0.2, 0) is 0 Å². The van der Waals surface area contributed by atoms with Crippen molar-refractivity contribution < 1.29 is 0 Å². The number of halogens is 2. The zero-order valence-electron chi connectivity index (χ0n) is 9.18. The fourth-order valence-corrected chi connectivity index (χ4v) is 6.74. The highest BCUT2D eigenvalue weighted by atomic mass is 79.9. The first-order valence-corrected chi connectivity index (χ1v) is 9.28. The second kappa shape index (κ2) is 4.73. The van der Waals surface area contributed by atoms with Crippen LogP contribution in [0.25, 0.3) is 11.0 Å². The predicted octanol–water partition coefficient (Wildman–Crippen LogP) is 5.83. The maximum absolute atomic E-state index is 4.37. The topological polar surface area (TPSA) is 25.8 Å². The van der Waals surface area contributed by atoms with Crippen LogP contribution >= 0.6 is 67.1 Å². The average molecular weight is 432 g/mol. The molecular weight excluding hydrogens is 428 g/mol. The summed E-state index contributed by atoms with van der Waals surface area (Å²) in [4.78, 5) is 5.01. The molecule has 0 amide bonds. The summed E-state index contributed by atoms with van der Waals surface area (Å²) in [6.07, 6.45) is 0. The minimum absolute atomic E-state index is 0.933. The normalized spacial score (nSPS) is 13.4. The van der Waals surface area contributed by atoms with Crippen LogP contribution in [0.3, 0.4) is 0 Å². The number of fused-ring (bicyclic) bond motifs is 3. The molecule has 2 nitrogen and oxygen atoms in total. The molecule has 19 heavy (non-hydrogen) atoms. The van der Waals surface area contributed by atoms with Gasteiger partial charge in [0, 0.05) is 19.6 Å². The maximum atomic E-state index is 4.37. The first kappa shape index (κ1) is 12.6. The van der Waals surface area contributed by atoms with Crippen LogP contribution in [0.2, 0.25) is 0 Å². The van der Waals surface area contributed by atoms with E-state index in [2.05, 4.69) is 64.9 Å². The Kier molecular flexibility index (Phi) is 3.15. The van der Waals surface area contributed by atoms with Crippen molar-refractivity contribution in [2.45, 2.75) is 19.6 Å². The molecule has 1 aromatic heterocycles. The molecule has 0 bridgehead atoms. The predicted molar refractivity (Wildman–Crippen MR) is 87.5 cm³/mol. The van der Waals surface area contributed by atoms with Gasteiger partial charge in [-0.3, -0.25) is 0 Å². The van der Waals surface area contributed by atoms with Gasteiger partial charge in [-0.1, -0.05) is 35.7 Å². The molecule has 0 radical (unpaired) electrons. The van der Waals surface area contributed by atoms with E-state index in [1.165, 1.54) is 31.3 Å². The quantitative estimate of drug-likeness (QED) is 0.349. The molecular formula is C12H4Br2N2S3. The van der Waals surface area contributed by atoms with Crippen molar-refractivity contribution in [2.24, 2.45) is 0 Å². The zero-order chi connectivity index (χ0) is 13.0. The second-order valence-corrected chi connectivity index (χ2v) is 8.12. The van der Waals surface area contributed by atoms with Gasteiger partial charge in [0.25, 0.3) is 0 Å². The van der Waals surface area contributed by atoms with Gasteiger partial charge in [0.2, 0.25) is 0 Å². The van der Waals surface area contributed by atoms with Crippen molar-refractivity contribution in [3.63, 3.8) is 0 Å². The summed E-state index contributed by atoms with van der Waals surface area (Å²) in [5.41, 5.74) is 1.87. The summed E-state index contributed by atoms with van der Waals surface area (Å²) in [6.45, 7) is 0. The number of rotatable bonds is 0. The first-order chi connectivity index (χ1) is 9.25. The molecule has 2 heterocycles. The number of benzene rings is 2. The third-order valence-electron chi connectivity index (χ3n) is 2.78. The molecule has 1 aliphatic heterocycles. The van der Waals surface area contributed by atoms with Gasteiger partial charge < -0.3 is 0 Å². The van der Waals surface area contributed by atoms with E-state index in [9.17, 15) is 0 Å². The van der Waals surface area contributed by atoms with Gasteiger partial charge in [0.15, 0.2) is 0 Å². The minimum Gasteiger partial charge on any atom is -0.172 e. The van der Waals surface area contributed by atoms with Gasteiger partial charge in [-0.25, -0.2) is 0 Å². The summed E-state index contributed by atoms with van der Waals surface area (Å²) in [5.74, 6) is 0. The highest BCUT2D eigenvalue weighted by molar-refractivity contribution is 9.11. The Morgan fingerprint density at radius 2 is 1.26 bits per heavy atom. The molecule has 0 saturated carbocycles. The van der Waals surface area contributed by atoms with Crippen LogP contribution in [0.5, 0.6) is 0 Å². The van der Waals surface area contributed by atoms with E-state index in [0.29, 0.717) is 0 Å². The smallest absolute Gasteiger partial charge is 0.121 e. The fourth-order valence-electron chi connectivity index (χ4n) is 1.91. The first-order valence-electron chi connectivity index (χ1n) is 5.33. The monoisotopic (exact) mass is 430 g/mol. The Morgan fingerprint density at radius 3 is 1.74 bits per heavy atom.